The van der Waals surface area contributed by atoms with Crippen LogP contribution in [0.3, 0.4) is 0 Å². The second kappa shape index (κ2) is 4.81. The molecule has 1 unspecified atom stereocenters. The van der Waals surface area contributed by atoms with Crippen LogP contribution in [0.1, 0.15) is 15.7 Å². The molecule has 0 saturated carbocycles. The third-order valence-corrected chi connectivity index (χ3v) is 3.20. The highest BCUT2D eigenvalue weighted by molar-refractivity contribution is 7.31. The molecular weight excluding hydrogens is 205 g/mol. The first-order valence-corrected chi connectivity index (χ1v) is 5.89. The Kier molecular flexibility index (Phi) is 3.21. The number of benzene rings is 1. The first-order valence-electron chi connectivity index (χ1n) is 4.82. The van der Waals surface area contributed by atoms with Crippen molar-refractivity contribution >= 4 is 14.1 Å². The summed E-state index contributed by atoms with van der Waals surface area (Å²) < 4.78 is 0. The smallest absolute Gasteiger partial charge is 0.255 e. The molecule has 0 aliphatic carbocycles. The van der Waals surface area contributed by atoms with Gasteiger partial charge in [-0.25, -0.2) is 0 Å². The molecule has 2 rings (SSSR count). The summed E-state index contributed by atoms with van der Waals surface area (Å²) in [5.41, 5.74) is 1.13. The molecule has 1 amide bonds. The SMILES string of the molecule is O=C(NCc1ccccc1)c1ccc[pH]1. The van der Waals surface area contributed by atoms with Gasteiger partial charge in [0.05, 0.1) is 5.30 Å². The monoisotopic (exact) mass is 217 g/mol. The van der Waals surface area contributed by atoms with Crippen LogP contribution in [0.25, 0.3) is 0 Å². The van der Waals surface area contributed by atoms with Crippen molar-refractivity contribution in [1.29, 1.82) is 0 Å². The molecule has 1 N–H and O–H groups in total. The van der Waals surface area contributed by atoms with E-state index in [1.165, 1.54) is 0 Å². The lowest BCUT2D eigenvalue weighted by molar-refractivity contribution is 0.0955. The van der Waals surface area contributed by atoms with Crippen molar-refractivity contribution in [2.75, 3.05) is 0 Å². The van der Waals surface area contributed by atoms with Crippen molar-refractivity contribution in [3.8, 4) is 0 Å². The highest BCUT2D eigenvalue weighted by Gasteiger charge is 2.03. The molecule has 1 heterocycles. The summed E-state index contributed by atoms with van der Waals surface area (Å²) in [5, 5.41) is 3.77. The molecule has 1 aromatic carbocycles. The van der Waals surface area contributed by atoms with Gasteiger partial charge < -0.3 is 5.32 Å². The summed E-state index contributed by atoms with van der Waals surface area (Å²) in [6.07, 6.45) is 0. The maximum absolute atomic E-state index is 11.6. The first kappa shape index (κ1) is 10.0. The van der Waals surface area contributed by atoms with Crippen LogP contribution in [0.5, 0.6) is 0 Å². The van der Waals surface area contributed by atoms with E-state index in [-0.39, 0.29) is 5.91 Å². The van der Waals surface area contributed by atoms with E-state index in [0.717, 1.165) is 10.9 Å². The largest absolute Gasteiger partial charge is 0.348 e. The van der Waals surface area contributed by atoms with Crippen molar-refractivity contribution in [2.45, 2.75) is 6.54 Å². The van der Waals surface area contributed by atoms with E-state index in [2.05, 4.69) is 5.32 Å². The summed E-state index contributed by atoms with van der Waals surface area (Å²) in [6, 6.07) is 13.7. The molecule has 3 heteroatoms. The molecular formula is C12H12NOP. The van der Waals surface area contributed by atoms with Gasteiger partial charge in [-0.15, -0.1) is 8.19 Å². The van der Waals surface area contributed by atoms with Gasteiger partial charge >= 0.3 is 0 Å². The molecule has 76 valence electrons. The maximum Gasteiger partial charge on any atom is 0.255 e. The lowest BCUT2D eigenvalue weighted by Crippen LogP contribution is -2.21. The van der Waals surface area contributed by atoms with Gasteiger partial charge in [-0.3, -0.25) is 4.79 Å². The number of hydrogen-bond donors (Lipinski definition) is 1. The topological polar surface area (TPSA) is 29.1 Å². The summed E-state index contributed by atoms with van der Waals surface area (Å²) in [5.74, 6) is 2.06. The van der Waals surface area contributed by atoms with Gasteiger partial charge in [0.25, 0.3) is 5.91 Å². The molecule has 0 aliphatic heterocycles. The molecule has 0 saturated heterocycles. The second-order valence-corrected chi connectivity index (χ2v) is 4.41. The van der Waals surface area contributed by atoms with Gasteiger partial charge in [0.1, 0.15) is 0 Å². The number of nitrogens with one attached hydrogen (secondary N) is 1. The third-order valence-electron chi connectivity index (χ3n) is 2.14. The zero-order chi connectivity index (χ0) is 10.5. The maximum atomic E-state index is 11.6. The summed E-state index contributed by atoms with van der Waals surface area (Å²) in [7, 11) is 0.516. The van der Waals surface area contributed by atoms with Gasteiger partial charge in [-0.1, -0.05) is 36.4 Å². The fraction of sp³-hybridized carbons (Fsp3) is 0.0833. The molecule has 2 aromatic rings. The van der Waals surface area contributed by atoms with Crippen LogP contribution in [0.15, 0.2) is 48.3 Å². The first-order chi connectivity index (χ1) is 7.36. The van der Waals surface area contributed by atoms with Crippen LogP contribution in [0, 0.1) is 0 Å². The van der Waals surface area contributed by atoms with Crippen LogP contribution in [-0.2, 0) is 6.54 Å². The zero-order valence-corrected chi connectivity index (χ0v) is 9.23. The van der Waals surface area contributed by atoms with Crippen LogP contribution in [0.4, 0.5) is 0 Å². The molecule has 0 aliphatic rings. The Morgan fingerprint density at radius 1 is 1.13 bits per heavy atom. The number of hydrogen-bond acceptors (Lipinski definition) is 1. The van der Waals surface area contributed by atoms with Crippen LogP contribution >= 0.6 is 8.19 Å². The van der Waals surface area contributed by atoms with Crippen LogP contribution < -0.4 is 5.32 Å². The zero-order valence-electron chi connectivity index (χ0n) is 8.23. The van der Waals surface area contributed by atoms with Crippen molar-refractivity contribution in [1.82, 2.24) is 5.32 Å². The van der Waals surface area contributed by atoms with Gasteiger partial charge in [0.2, 0.25) is 0 Å². The van der Waals surface area contributed by atoms with Gasteiger partial charge in [0, 0.05) is 6.54 Å². The Morgan fingerprint density at radius 2 is 1.93 bits per heavy atom. The van der Waals surface area contributed by atoms with Crippen LogP contribution in [0.2, 0.25) is 0 Å². The number of carbonyl (C=O) groups is 1. The van der Waals surface area contributed by atoms with Crippen LogP contribution in [-0.4, -0.2) is 5.91 Å². The molecule has 1 atom stereocenters. The average molecular weight is 217 g/mol. The predicted molar refractivity (Wildman–Crippen MR) is 63.6 cm³/mol. The Hall–Kier alpha value is -1.53. The van der Waals surface area contributed by atoms with E-state index in [9.17, 15) is 4.79 Å². The highest BCUT2D eigenvalue weighted by Crippen LogP contribution is 2.14. The molecule has 0 radical (unpaired) electrons. The minimum Gasteiger partial charge on any atom is -0.348 e. The second-order valence-electron chi connectivity index (χ2n) is 3.25. The average Bonchev–Trinajstić information content (AvgIpc) is 2.81. The van der Waals surface area contributed by atoms with E-state index in [4.69, 9.17) is 0 Å². The normalized spacial score (nSPS) is 10.4. The molecule has 0 fully saturated rings. The molecule has 0 bridgehead atoms. The van der Waals surface area contributed by atoms with E-state index in [1.807, 2.05) is 48.3 Å². The molecule has 1 aromatic heterocycles. The van der Waals surface area contributed by atoms with Crippen molar-refractivity contribution in [3.05, 3.63) is 59.1 Å². The summed E-state index contributed by atoms with van der Waals surface area (Å²) >= 11 is 0. The number of amides is 1. The summed E-state index contributed by atoms with van der Waals surface area (Å²) in [4.78, 5) is 11.6. The van der Waals surface area contributed by atoms with E-state index in [0.29, 0.717) is 14.7 Å². The van der Waals surface area contributed by atoms with Crippen molar-refractivity contribution < 1.29 is 4.79 Å². The quantitative estimate of drug-likeness (QED) is 0.841. The Balaban J connectivity index is 1.92. The van der Waals surface area contributed by atoms with Crippen molar-refractivity contribution in [2.24, 2.45) is 0 Å². The van der Waals surface area contributed by atoms with Gasteiger partial charge in [0.15, 0.2) is 0 Å². The summed E-state index contributed by atoms with van der Waals surface area (Å²) in [6.45, 7) is 0.599. The van der Waals surface area contributed by atoms with Gasteiger partial charge in [-0.2, -0.15) is 0 Å². The Morgan fingerprint density at radius 3 is 2.60 bits per heavy atom. The highest BCUT2D eigenvalue weighted by atomic mass is 31.0. The number of carbonyl (C=O) groups excluding carboxylic acids is 1. The van der Waals surface area contributed by atoms with E-state index < -0.39 is 0 Å². The molecule has 0 spiro atoms. The minimum atomic E-state index is 0.0437. The van der Waals surface area contributed by atoms with E-state index in [1.54, 1.807) is 0 Å². The standard InChI is InChI=1S/C12H12NOP/c14-12(11-7-4-8-15-11)13-9-10-5-2-1-3-6-10/h1-8,15H,9H2,(H,13,14). The third kappa shape index (κ3) is 2.71. The van der Waals surface area contributed by atoms with E-state index >= 15 is 0 Å². The van der Waals surface area contributed by atoms with Crippen molar-refractivity contribution in [3.63, 3.8) is 0 Å². The lowest BCUT2D eigenvalue weighted by Gasteiger charge is -2.03. The number of rotatable bonds is 3. The molecule has 2 nitrogen and oxygen atoms in total. The Bertz CT molecular complexity index is 422. The lowest BCUT2D eigenvalue weighted by atomic mass is 10.2. The fourth-order valence-corrected chi connectivity index (χ4v) is 2.13. The Labute approximate surface area is 90.4 Å². The fourth-order valence-electron chi connectivity index (χ4n) is 1.35. The van der Waals surface area contributed by atoms with Gasteiger partial charge in [-0.05, 0) is 17.4 Å². The predicted octanol–water partition coefficient (Wildman–Crippen LogP) is 2.65. The molecule has 15 heavy (non-hydrogen) atoms. The minimum absolute atomic E-state index is 0.0437.